The molecular weight excluding hydrogens is 242 g/mol. The summed E-state index contributed by atoms with van der Waals surface area (Å²) in [6, 6.07) is 0. The minimum atomic E-state index is -1.65. The Kier molecular flexibility index (Phi) is 5.27. The van der Waals surface area contributed by atoms with E-state index in [0.29, 0.717) is 18.8 Å². The Morgan fingerprint density at radius 2 is 1.94 bits per heavy atom. The van der Waals surface area contributed by atoms with Gasteiger partial charge in [-0.3, -0.25) is 4.79 Å². The molecule has 0 aliphatic carbocycles. The number of carbonyl (C=O) groups is 2. The number of carbonyl (C=O) groups excluding carboxylic acids is 1. The van der Waals surface area contributed by atoms with Crippen molar-refractivity contribution in [2.45, 2.75) is 31.8 Å². The molecule has 0 spiro atoms. The second-order valence-electron chi connectivity index (χ2n) is 4.27. The quantitative estimate of drug-likeness (QED) is 0.707. The summed E-state index contributed by atoms with van der Waals surface area (Å²) in [7, 11) is 0. The molecule has 0 aromatic heterocycles. The Morgan fingerprint density at radius 3 is 2.41 bits per heavy atom. The first kappa shape index (κ1) is 14.3. The van der Waals surface area contributed by atoms with E-state index in [2.05, 4.69) is 6.92 Å². The number of aliphatic carboxylic acids is 1. The zero-order chi connectivity index (χ0) is 12.9. The van der Waals surface area contributed by atoms with Crippen LogP contribution in [0, 0.1) is 0 Å². The molecule has 0 saturated carbocycles. The maximum Gasteiger partial charge on any atom is 0.335 e. The summed E-state index contributed by atoms with van der Waals surface area (Å²) in [5.41, 5.74) is -1.65. The monoisotopic (exact) mass is 261 g/mol. The zero-order valence-electron chi connectivity index (χ0n) is 10.0. The molecule has 0 radical (unpaired) electrons. The first-order valence-electron chi connectivity index (χ1n) is 5.81. The van der Waals surface area contributed by atoms with E-state index in [0.717, 1.165) is 12.2 Å². The third kappa shape index (κ3) is 3.89. The smallest absolute Gasteiger partial charge is 0.335 e. The number of rotatable bonds is 5. The van der Waals surface area contributed by atoms with Crippen LogP contribution in [0.1, 0.15) is 26.2 Å². The Bertz CT molecular complexity index is 287. The van der Waals surface area contributed by atoms with Crippen molar-refractivity contribution in [2.24, 2.45) is 0 Å². The molecule has 0 atom stereocenters. The summed E-state index contributed by atoms with van der Waals surface area (Å²) in [6.45, 7) is 2.72. The first-order chi connectivity index (χ1) is 7.99. The summed E-state index contributed by atoms with van der Waals surface area (Å²) in [5.74, 6) is 0.249. The average Bonchev–Trinajstić information content (AvgIpc) is 2.30. The predicted octanol–water partition coefficient (Wildman–Crippen LogP) is 0.568. The summed E-state index contributed by atoms with van der Waals surface area (Å²) >= 11 is 1.59. The fourth-order valence-electron chi connectivity index (χ4n) is 1.74. The van der Waals surface area contributed by atoms with Gasteiger partial charge >= 0.3 is 5.97 Å². The van der Waals surface area contributed by atoms with Gasteiger partial charge < -0.3 is 15.1 Å². The molecular formula is C11H19NO4S. The second kappa shape index (κ2) is 6.26. The summed E-state index contributed by atoms with van der Waals surface area (Å²) in [5, 5.41) is 18.6. The lowest BCUT2D eigenvalue weighted by Crippen LogP contribution is -2.51. The molecule has 0 aromatic rings. The number of likely N-dealkylation sites (tertiary alicyclic amines) is 1. The summed E-state index contributed by atoms with van der Waals surface area (Å²) < 4.78 is 0. The van der Waals surface area contributed by atoms with Crippen LogP contribution in [0.25, 0.3) is 0 Å². The molecule has 0 aromatic carbocycles. The van der Waals surface area contributed by atoms with E-state index in [-0.39, 0.29) is 18.7 Å². The van der Waals surface area contributed by atoms with E-state index in [9.17, 15) is 14.7 Å². The molecule has 1 fully saturated rings. The molecule has 1 rings (SSSR count). The Morgan fingerprint density at radius 1 is 1.35 bits per heavy atom. The highest BCUT2D eigenvalue weighted by molar-refractivity contribution is 7.99. The van der Waals surface area contributed by atoms with Gasteiger partial charge in [0, 0.05) is 25.9 Å². The standard InChI is InChI=1S/C11H19NO4S/c1-2-7-17-8-9(13)12-5-3-11(16,4-6-12)10(14)15/h16H,2-8H2,1H3,(H,14,15). The average molecular weight is 261 g/mol. The van der Waals surface area contributed by atoms with E-state index < -0.39 is 11.6 Å². The van der Waals surface area contributed by atoms with E-state index in [1.54, 1.807) is 16.7 Å². The maximum atomic E-state index is 11.7. The normalized spacial score (nSPS) is 19.1. The lowest BCUT2D eigenvalue weighted by molar-refractivity contribution is -0.165. The van der Waals surface area contributed by atoms with E-state index in [1.165, 1.54) is 0 Å². The number of carboxylic acid groups (broad SMARTS) is 1. The summed E-state index contributed by atoms with van der Waals surface area (Å²) in [6.07, 6.45) is 1.27. The molecule has 0 bridgehead atoms. The van der Waals surface area contributed by atoms with Gasteiger partial charge in [0.1, 0.15) is 0 Å². The van der Waals surface area contributed by atoms with Crippen molar-refractivity contribution in [3.05, 3.63) is 0 Å². The maximum absolute atomic E-state index is 11.7. The highest BCUT2D eigenvalue weighted by atomic mass is 32.2. The number of hydrogen-bond donors (Lipinski definition) is 2. The van der Waals surface area contributed by atoms with E-state index in [1.807, 2.05) is 0 Å². The SMILES string of the molecule is CCCSCC(=O)N1CCC(O)(C(=O)O)CC1. The van der Waals surface area contributed by atoms with Crippen molar-refractivity contribution in [1.82, 2.24) is 4.90 Å². The van der Waals surface area contributed by atoms with Crippen molar-refractivity contribution in [1.29, 1.82) is 0 Å². The van der Waals surface area contributed by atoms with Crippen LogP contribution in [0.5, 0.6) is 0 Å². The number of nitrogens with zero attached hydrogens (tertiary/aromatic N) is 1. The third-order valence-corrected chi connectivity index (χ3v) is 4.06. The molecule has 1 aliphatic heterocycles. The zero-order valence-corrected chi connectivity index (χ0v) is 10.8. The van der Waals surface area contributed by atoms with Gasteiger partial charge in [0.15, 0.2) is 5.60 Å². The van der Waals surface area contributed by atoms with Crippen LogP contribution < -0.4 is 0 Å². The molecule has 17 heavy (non-hydrogen) atoms. The van der Waals surface area contributed by atoms with Crippen molar-refractivity contribution in [2.75, 3.05) is 24.6 Å². The van der Waals surface area contributed by atoms with Crippen molar-refractivity contribution < 1.29 is 19.8 Å². The third-order valence-electron chi connectivity index (χ3n) is 2.92. The lowest BCUT2D eigenvalue weighted by Gasteiger charge is -2.35. The number of amides is 1. The highest BCUT2D eigenvalue weighted by Crippen LogP contribution is 2.22. The van der Waals surface area contributed by atoms with Crippen LogP contribution in [0.15, 0.2) is 0 Å². The van der Waals surface area contributed by atoms with Gasteiger partial charge in [-0.25, -0.2) is 4.79 Å². The second-order valence-corrected chi connectivity index (χ2v) is 5.38. The molecule has 2 N–H and O–H groups in total. The van der Waals surface area contributed by atoms with Crippen molar-refractivity contribution >= 4 is 23.6 Å². The van der Waals surface area contributed by atoms with Crippen molar-refractivity contribution in [3.8, 4) is 0 Å². The van der Waals surface area contributed by atoms with Gasteiger partial charge in [0.25, 0.3) is 0 Å². The number of thioether (sulfide) groups is 1. The van der Waals surface area contributed by atoms with E-state index >= 15 is 0 Å². The van der Waals surface area contributed by atoms with Gasteiger partial charge in [-0.15, -0.1) is 0 Å². The molecule has 1 heterocycles. The molecule has 1 saturated heterocycles. The number of aliphatic hydroxyl groups is 1. The van der Waals surface area contributed by atoms with Crippen LogP contribution in [0.3, 0.4) is 0 Å². The molecule has 5 nitrogen and oxygen atoms in total. The van der Waals surface area contributed by atoms with Crippen LogP contribution in [-0.2, 0) is 9.59 Å². The number of carboxylic acids is 1. The van der Waals surface area contributed by atoms with Gasteiger partial charge in [-0.1, -0.05) is 6.92 Å². The summed E-state index contributed by atoms with van der Waals surface area (Å²) in [4.78, 5) is 24.2. The number of hydrogen-bond acceptors (Lipinski definition) is 4. The predicted molar refractivity (Wildman–Crippen MR) is 66.0 cm³/mol. The van der Waals surface area contributed by atoms with Crippen LogP contribution >= 0.6 is 11.8 Å². The van der Waals surface area contributed by atoms with Crippen molar-refractivity contribution in [3.63, 3.8) is 0 Å². The Labute approximate surface area is 105 Å². The Hall–Kier alpha value is -0.750. The molecule has 98 valence electrons. The van der Waals surface area contributed by atoms with Gasteiger partial charge in [0.2, 0.25) is 5.91 Å². The van der Waals surface area contributed by atoms with Gasteiger partial charge in [-0.05, 0) is 12.2 Å². The minimum absolute atomic E-state index is 0.0379. The largest absolute Gasteiger partial charge is 0.479 e. The molecule has 1 amide bonds. The van der Waals surface area contributed by atoms with Crippen LogP contribution in [0.4, 0.5) is 0 Å². The fraction of sp³-hybridized carbons (Fsp3) is 0.818. The highest BCUT2D eigenvalue weighted by Gasteiger charge is 2.40. The lowest BCUT2D eigenvalue weighted by atomic mass is 9.92. The Balaban J connectivity index is 2.36. The molecule has 1 aliphatic rings. The van der Waals surface area contributed by atoms with E-state index in [4.69, 9.17) is 5.11 Å². The molecule has 0 unspecified atom stereocenters. The number of piperidine rings is 1. The fourth-order valence-corrected chi connectivity index (χ4v) is 2.53. The minimum Gasteiger partial charge on any atom is -0.479 e. The van der Waals surface area contributed by atoms with Gasteiger partial charge in [-0.2, -0.15) is 11.8 Å². The molecule has 6 heteroatoms. The van der Waals surface area contributed by atoms with Crippen LogP contribution in [0.2, 0.25) is 0 Å². The van der Waals surface area contributed by atoms with Gasteiger partial charge in [0.05, 0.1) is 5.75 Å². The first-order valence-corrected chi connectivity index (χ1v) is 6.96. The van der Waals surface area contributed by atoms with Crippen LogP contribution in [-0.4, -0.2) is 57.2 Å². The topological polar surface area (TPSA) is 77.8 Å².